The Labute approximate surface area is 207 Å². The van der Waals surface area contributed by atoms with Crippen molar-refractivity contribution in [1.29, 1.82) is 0 Å². The molecule has 3 N–H and O–H groups in total. The number of hydrogen-bond donors (Lipinski definition) is 2. The second-order valence-electron chi connectivity index (χ2n) is 9.69. The molecule has 36 heavy (non-hydrogen) atoms. The van der Waals surface area contributed by atoms with Gasteiger partial charge >= 0.3 is 0 Å². The van der Waals surface area contributed by atoms with Gasteiger partial charge in [0.2, 0.25) is 0 Å². The van der Waals surface area contributed by atoms with Crippen LogP contribution in [0.2, 0.25) is 0 Å². The Morgan fingerprint density at radius 1 is 1.11 bits per heavy atom. The van der Waals surface area contributed by atoms with Gasteiger partial charge in [0.25, 0.3) is 11.8 Å². The predicted octanol–water partition coefficient (Wildman–Crippen LogP) is 5.13. The van der Waals surface area contributed by atoms with Gasteiger partial charge in [0.05, 0.1) is 28.6 Å². The molecule has 2 aromatic carbocycles. The van der Waals surface area contributed by atoms with E-state index in [1.165, 1.54) is 6.07 Å². The molecule has 4 aromatic rings. The van der Waals surface area contributed by atoms with Gasteiger partial charge in [-0.3, -0.25) is 14.6 Å². The zero-order valence-corrected chi connectivity index (χ0v) is 20.2. The molecule has 1 aliphatic heterocycles. The smallest absolute Gasteiger partial charge is 0.254 e. The number of nitrogens with one attached hydrogen (secondary N) is 1. The summed E-state index contributed by atoms with van der Waals surface area (Å²) in [4.78, 5) is 30.3. The summed E-state index contributed by atoms with van der Waals surface area (Å²) in [6, 6.07) is 11.1. The number of rotatable bonds is 6. The Bertz CT molecular complexity index is 1540. The van der Waals surface area contributed by atoms with Crippen LogP contribution < -0.4 is 11.1 Å². The maximum absolute atomic E-state index is 13.7. The molecule has 184 valence electrons. The highest BCUT2D eigenvalue weighted by atomic mass is 19.2. The number of pyridine rings is 1. The zero-order valence-electron chi connectivity index (χ0n) is 20.2. The van der Waals surface area contributed by atoms with Crippen LogP contribution in [0.3, 0.4) is 0 Å². The minimum Gasteiger partial charge on any atom is -0.366 e. The molecule has 0 spiro atoms. The molecular formula is C28H26F2N4O2. The summed E-state index contributed by atoms with van der Waals surface area (Å²) >= 11 is 0. The normalized spacial score (nSPS) is 14.9. The quantitative estimate of drug-likeness (QED) is 0.394. The van der Waals surface area contributed by atoms with Crippen LogP contribution in [0.25, 0.3) is 22.0 Å². The first-order valence-electron chi connectivity index (χ1n) is 11.8. The number of nitrogens with zero attached hydrogens (tertiary/aromatic N) is 2. The van der Waals surface area contributed by atoms with Crippen molar-refractivity contribution in [3.63, 3.8) is 0 Å². The van der Waals surface area contributed by atoms with Crippen molar-refractivity contribution in [1.82, 2.24) is 14.9 Å². The lowest BCUT2D eigenvalue weighted by atomic mass is 9.89. The first-order chi connectivity index (χ1) is 17.1. The van der Waals surface area contributed by atoms with Crippen LogP contribution in [-0.4, -0.2) is 21.4 Å². The van der Waals surface area contributed by atoms with Crippen molar-refractivity contribution in [3.05, 3.63) is 88.4 Å². The molecule has 1 aliphatic rings. The summed E-state index contributed by atoms with van der Waals surface area (Å²) in [5.41, 5.74) is 10.4. The maximum atomic E-state index is 13.7. The van der Waals surface area contributed by atoms with Crippen molar-refractivity contribution in [2.24, 2.45) is 11.7 Å². The molecule has 0 radical (unpaired) electrons. The lowest BCUT2D eigenvalue weighted by molar-refractivity contribution is 0.0959. The molecule has 5 rings (SSSR count). The molecule has 2 amide bonds. The van der Waals surface area contributed by atoms with Gasteiger partial charge in [0, 0.05) is 29.2 Å². The summed E-state index contributed by atoms with van der Waals surface area (Å²) in [7, 11) is 0. The second-order valence-corrected chi connectivity index (χ2v) is 9.69. The lowest BCUT2D eigenvalue weighted by Crippen LogP contribution is -2.20. The van der Waals surface area contributed by atoms with Gasteiger partial charge in [-0.2, -0.15) is 0 Å². The highest BCUT2D eigenvalue weighted by Crippen LogP contribution is 2.38. The molecular weight excluding hydrogens is 462 g/mol. The first-order valence-corrected chi connectivity index (χ1v) is 11.8. The average molecular weight is 489 g/mol. The summed E-state index contributed by atoms with van der Waals surface area (Å²) < 4.78 is 28.9. The number of hydrogen-bond acceptors (Lipinski definition) is 3. The van der Waals surface area contributed by atoms with Gasteiger partial charge in [0.1, 0.15) is 0 Å². The van der Waals surface area contributed by atoms with E-state index in [2.05, 4.69) is 5.32 Å². The Morgan fingerprint density at radius 3 is 2.58 bits per heavy atom. The minimum atomic E-state index is -0.888. The van der Waals surface area contributed by atoms with Crippen molar-refractivity contribution < 1.29 is 18.4 Å². The molecule has 6 nitrogen and oxygen atoms in total. The van der Waals surface area contributed by atoms with E-state index in [-0.39, 0.29) is 23.4 Å². The van der Waals surface area contributed by atoms with Gasteiger partial charge in [-0.25, -0.2) is 8.78 Å². The van der Waals surface area contributed by atoms with Crippen molar-refractivity contribution in [2.45, 2.75) is 39.8 Å². The third-order valence-corrected chi connectivity index (χ3v) is 6.53. The summed E-state index contributed by atoms with van der Waals surface area (Å²) in [5.74, 6) is -2.45. The fraction of sp³-hybridized carbons (Fsp3) is 0.250. The van der Waals surface area contributed by atoms with Gasteiger partial charge < -0.3 is 15.6 Å². The third-order valence-electron chi connectivity index (χ3n) is 6.53. The summed E-state index contributed by atoms with van der Waals surface area (Å²) in [5, 5.41) is 3.77. The fourth-order valence-corrected chi connectivity index (χ4v) is 4.95. The predicted molar refractivity (Wildman–Crippen MR) is 134 cm³/mol. The number of halogens is 2. The van der Waals surface area contributed by atoms with Crippen LogP contribution in [-0.2, 0) is 13.0 Å². The number of carbonyl (C=O) groups is 2. The number of amides is 2. The molecule has 0 aliphatic carbocycles. The molecule has 1 unspecified atom stereocenters. The topological polar surface area (TPSA) is 90.0 Å². The molecule has 3 heterocycles. The Morgan fingerprint density at radius 2 is 1.89 bits per heavy atom. The van der Waals surface area contributed by atoms with Crippen molar-refractivity contribution in [2.75, 3.05) is 0 Å². The van der Waals surface area contributed by atoms with Crippen LogP contribution in [0, 0.1) is 17.6 Å². The van der Waals surface area contributed by atoms with Crippen LogP contribution in [0.4, 0.5) is 8.78 Å². The highest BCUT2D eigenvalue weighted by Gasteiger charge is 2.35. The second kappa shape index (κ2) is 8.86. The lowest BCUT2D eigenvalue weighted by Gasteiger charge is -2.18. The van der Waals surface area contributed by atoms with E-state index in [1.807, 2.05) is 55.8 Å². The van der Waals surface area contributed by atoms with E-state index >= 15 is 0 Å². The Kier molecular flexibility index (Phi) is 5.82. The van der Waals surface area contributed by atoms with Crippen LogP contribution in [0.15, 0.2) is 48.7 Å². The highest BCUT2D eigenvalue weighted by molar-refractivity contribution is 6.12. The average Bonchev–Trinajstić information content (AvgIpc) is 3.34. The summed E-state index contributed by atoms with van der Waals surface area (Å²) in [6.45, 7) is 6.29. The minimum absolute atomic E-state index is 0.231. The van der Waals surface area contributed by atoms with Gasteiger partial charge in [-0.1, -0.05) is 26.0 Å². The maximum Gasteiger partial charge on any atom is 0.254 e. The van der Waals surface area contributed by atoms with E-state index < -0.39 is 17.5 Å². The molecule has 2 aromatic heterocycles. The number of fused-ring (bicyclic) bond motifs is 2. The Balaban J connectivity index is 1.66. The Hall–Kier alpha value is -4.07. The van der Waals surface area contributed by atoms with E-state index in [1.54, 1.807) is 6.07 Å². The monoisotopic (exact) mass is 488 g/mol. The number of nitrogens with two attached hydrogens (primary N) is 1. The summed E-state index contributed by atoms with van der Waals surface area (Å²) in [6.07, 6.45) is 2.41. The molecule has 0 fully saturated rings. The number of primary amides is 1. The number of aromatic nitrogens is 2. The molecule has 0 bridgehead atoms. The standard InChI is InChI=1S/C28H26F2N4O2/c1-14(2)10-21-24(27(31)35)23(25-26(33-21)15(3)32-28(25)36)18-5-7-22-17(12-18)8-9-34(22)13-16-4-6-19(29)20(30)11-16/h4-9,11-12,14-15H,10,13H2,1-3H3,(H2,31,35)(H,32,36). The van der Waals surface area contributed by atoms with E-state index in [0.717, 1.165) is 17.0 Å². The van der Waals surface area contributed by atoms with Crippen LogP contribution >= 0.6 is 0 Å². The SMILES string of the molecule is CC(C)Cc1nc2c(c(-c3ccc4c(ccn4Cc4ccc(F)c(F)c4)c3)c1C(N)=O)C(=O)NC2C. The first kappa shape index (κ1) is 23.7. The number of carbonyl (C=O) groups excluding carboxylic acids is 2. The van der Waals surface area contributed by atoms with Gasteiger partial charge in [-0.15, -0.1) is 0 Å². The van der Waals surface area contributed by atoms with Crippen molar-refractivity contribution >= 4 is 22.7 Å². The van der Waals surface area contributed by atoms with Gasteiger partial charge in [-0.05, 0) is 60.7 Å². The molecule has 8 heteroatoms. The van der Waals surface area contributed by atoms with E-state index in [4.69, 9.17) is 10.7 Å². The van der Waals surface area contributed by atoms with Crippen molar-refractivity contribution in [3.8, 4) is 11.1 Å². The molecule has 1 atom stereocenters. The van der Waals surface area contributed by atoms with Crippen LogP contribution in [0.1, 0.15) is 64.5 Å². The number of benzene rings is 2. The van der Waals surface area contributed by atoms with E-state index in [0.29, 0.717) is 46.6 Å². The van der Waals surface area contributed by atoms with Gasteiger partial charge in [0.15, 0.2) is 11.6 Å². The zero-order chi connectivity index (χ0) is 25.7. The van der Waals surface area contributed by atoms with Crippen LogP contribution in [0.5, 0.6) is 0 Å². The largest absolute Gasteiger partial charge is 0.366 e. The molecule has 0 saturated heterocycles. The fourth-order valence-electron chi connectivity index (χ4n) is 4.95. The molecule has 0 saturated carbocycles. The third kappa shape index (κ3) is 4.02. The van der Waals surface area contributed by atoms with E-state index in [9.17, 15) is 18.4 Å².